The zero-order valence-corrected chi connectivity index (χ0v) is 11.2. The van der Waals surface area contributed by atoms with Crippen LogP contribution in [0.3, 0.4) is 0 Å². The van der Waals surface area contributed by atoms with E-state index in [2.05, 4.69) is 0 Å². The maximum Gasteiger partial charge on any atom is 0.303 e. The Morgan fingerprint density at radius 3 is 2.53 bits per heavy atom. The second kappa shape index (κ2) is 5.22. The van der Waals surface area contributed by atoms with Gasteiger partial charge in [0.25, 0.3) is 5.69 Å². The van der Waals surface area contributed by atoms with Gasteiger partial charge in [-0.2, -0.15) is 0 Å². The van der Waals surface area contributed by atoms with Gasteiger partial charge in [-0.05, 0) is 6.07 Å². The molecule has 2 rings (SSSR count). The highest BCUT2D eigenvalue weighted by atomic mass is 35.5. The highest BCUT2D eigenvalue weighted by Crippen LogP contribution is 2.39. The number of halogens is 2. The fourth-order valence-electron chi connectivity index (χ4n) is 2.07. The van der Waals surface area contributed by atoms with Crippen molar-refractivity contribution in [3.05, 3.63) is 32.3 Å². The van der Waals surface area contributed by atoms with Crippen molar-refractivity contribution in [3.8, 4) is 0 Å². The summed E-state index contributed by atoms with van der Waals surface area (Å²) in [5.74, 6) is -0.861. The lowest BCUT2D eigenvalue weighted by atomic mass is 9.95. The molecule has 0 amide bonds. The van der Waals surface area contributed by atoms with Crippen molar-refractivity contribution in [2.45, 2.75) is 6.42 Å². The van der Waals surface area contributed by atoms with Gasteiger partial charge in [0, 0.05) is 25.1 Å². The average molecular weight is 305 g/mol. The molecule has 0 radical (unpaired) electrons. The van der Waals surface area contributed by atoms with Crippen molar-refractivity contribution in [1.29, 1.82) is 0 Å². The molecule has 0 atom stereocenters. The predicted molar refractivity (Wildman–Crippen MR) is 71.1 cm³/mol. The minimum atomic E-state index is -0.867. The largest absolute Gasteiger partial charge is 0.481 e. The van der Waals surface area contributed by atoms with Gasteiger partial charge in [0.2, 0.25) is 0 Å². The van der Waals surface area contributed by atoms with E-state index in [1.165, 1.54) is 12.1 Å². The first-order valence-corrected chi connectivity index (χ1v) is 6.24. The molecule has 0 spiro atoms. The Kier molecular flexibility index (Phi) is 3.82. The Bertz CT molecular complexity index is 544. The number of benzene rings is 1. The Balaban J connectivity index is 2.19. The Morgan fingerprint density at radius 2 is 2.00 bits per heavy atom. The molecular formula is C11H10Cl2N2O4. The molecule has 1 heterocycles. The van der Waals surface area contributed by atoms with Crippen LogP contribution >= 0.6 is 23.2 Å². The first kappa shape index (κ1) is 13.9. The average Bonchev–Trinajstić information content (AvgIpc) is 2.25. The number of rotatable bonds is 4. The lowest BCUT2D eigenvalue weighted by Crippen LogP contribution is -2.47. The van der Waals surface area contributed by atoms with Crippen LogP contribution in [-0.4, -0.2) is 29.1 Å². The van der Waals surface area contributed by atoms with Crippen molar-refractivity contribution in [2.24, 2.45) is 5.92 Å². The molecule has 1 aliphatic heterocycles. The Labute approximate surface area is 118 Å². The van der Waals surface area contributed by atoms with Crippen molar-refractivity contribution in [2.75, 3.05) is 18.0 Å². The van der Waals surface area contributed by atoms with Crippen LogP contribution in [-0.2, 0) is 4.79 Å². The van der Waals surface area contributed by atoms with Gasteiger partial charge in [0.1, 0.15) is 5.69 Å². The molecule has 0 saturated carbocycles. The number of nitro benzene ring substituents is 1. The summed E-state index contributed by atoms with van der Waals surface area (Å²) in [6.07, 6.45) is 0.0611. The van der Waals surface area contributed by atoms with E-state index in [1.54, 1.807) is 4.90 Å². The fourth-order valence-corrected chi connectivity index (χ4v) is 2.38. The van der Waals surface area contributed by atoms with Crippen molar-refractivity contribution in [3.63, 3.8) is 0 Å². The molecular weight excluding hydrogens is 295 g/mol. The van der Waals surface area contributed by atoms with Gasteiger partial charge in [-0.3, -0.25) is 14.9 Å². The van der Waals surface area contributed by atoms with Gasteiger partial charge in [0.05, 0.1) is 21.4 Å². The van der Waals surface area contributed by atoms with E-state index in [-0.39, 0.29) is 28.1 Å². The van der Waals surface area contributed by atoms with Crippen LogP contribution in [0.5, 0.6) is 0 Å². The molecule has 1 fully saturated rings. The Morgan fingerprint density at radius 1 is 1.42 bits per heavy atom. The fraction of sp³-hybridized carbons (Fsp3) is 0.364. The number of aliphatic carboxylic acids is 1. The summed E-state index contributed by atoms with van der Waals surface area (Å²) in [7, 11) is 0. The molecule has 8 heteroatoms. The molecule has 1 N–H and O–H groups in total. The van der Waals surface area contributed by atoms with Crippen LogP contribution in [0, 0.1) is 16.0 Å². The summed E-state index contributed by atoms with van der Waals surface area (Å²) in [4.78, 5) is 22.7. The van der Waals surface area contributed by atoms with Gasteiger partial charge in [0.15, 0.2) is 0 Å². The molecule has 1 saturated heterocycles. The second-order valence-corrected chi connectivity index (χ2v) is 5.20. The maximum absolute atomic E-state index is 11.0. The van der Waals surface area contributed by atoms with Gasteiger partial charge in [-0.15, -0.1) is 0 Å². The zero-order chi connectivity index (χ0) is 14.2. The number of carbonyl (C=O) groups is 1. The van der Waals surface area contributed by atoms with Crippen LogP contribution in [0.4, 0.5) is 11.4 Å². The minimum absolute atomic E-state index is 0.00607. The van der Waals surface area contributed by atoms with E-state index >= 15 is 0 Å². The van der Waals surface area contributed by atoms with Gasteiger partial charge < -0.3 is 10.0 Å². The molecule has 0 bridgehead atoms. The quantitative estimate of drug-likeness (QED) is 0.683. The molecule has 102 valence electrons. The smallest absolute Gasteiger partial charge is 0.303 e. The normalized spacial score (nSPS) is 15.2. The highest BCUT2D eigenvalue weighted by Gasteiger charge is 2.33. The third-order valence-corrected chi connectivity index (χ3v) is 3.70. The van der Waals surface area contributed by atoms with E-state index < -0.39 is 10.9 Å². The standard InChI is InChI=1S/C11H10Cl2N2O4/c12-7-2-9(10(15(18)19)3-8(7)13)14-4-6(5-14)1-11(16)17/h2-3,6H,1,4-5H2,(H,16,17). The molecule has 1 aromatic rings. The topological polar surface area (TPSA) is 83.7 Å². The molecule has 0 aliphatic carbocycles. The number of carboxylic acid groups (broad SMARTS) is 1. The van der Waals surface area contributed by atoms with Gasteiger partial charge in [-0.25, -0.2) is 0 Å². The zero-order valence-electron chi connectivity index (χ0n) is 9.68. The number of hydrogen-bond donors (Lipinski definition) is 1. The number of anilines is 1. The number of hydrogen-bond acceptors (Lipinski definition) is 4. The lowest BCUT2D eigenvalue weighted by molar-refractivity contribution is -0.384. The highest BCUT2D eigenvalue weighted by molar-refractivity contribution is 6.42. The monoisotopic (exact) mass is 304 g/mol. The van der Waals surface area contributed by atoms with Crippen LogP contribution in [0.15, 0.2) is 12.1 Å². The molecule has 6 nitrogen and oxygen atoms in total. The van der Waals surface area contributed by atoms with Crippen LogP contribution < -0.4 is 4.90 Å². The third-order valence-electron chi connectivity index (χ3n) is 2.98. The first-order chi connectivity index (χ1) is 8.88. The number of nitro groups is 1. The van der Waals surface area contributed by atoms with Crippen LogP contribution in [0.2, 0.25) is 10.0 Å². The van der Waals surface area contributed by atoms with Crippen LogP contribution in [0.1, 0.15) is 6.42 Å². The van der Waals surface area contributed by atoms with E-state index in [1.807, 2.05) is 0 Å². The molecule has 0 aromatic heterocycles. The Hall–Kier alpha value is -1.53. The van der Waals surface area contributed by atoms with Crippen molar-refractivity contribution >= 4 is 40.5 Å². The molecule has 1 aromatic carbocycles. The van der Waals surface area contributed by atoms with Gasteiger partial charge >= 0.3 is 5.97 Å². The summed E-state index contributed by atoms with van der Waals surface area (Å²) in [6.45, 7) is 0.927. The SMILES string of the molecule is O=C(O)CC1CN(c2cc(Cl)c(Cl)cc2[N+](=O)[O-])C1. The van der Waals surface area contributed by atoms with Gasteiger partial charge in [-0.1, -0.05) is 23.2 Å². The number of nitrogens with zero attached hydrogens (tertiary/aromatic N) is 2. The maximum atomic E-state index is 11.0. The van der Waals surface area contributed by atoms with E-state index in [9.17, 15) is 14.9 Å². The van der Waals surface area contributed by atoms with Crippen LogP contribution in [0.25, 0.3) is 0 Å². The minimum Gasteiger partial charge on any atom is -0.481 e. The predicted octanol–water partition coefficient (Wildman–Crippen LogP) is 2.81. The van der Waals surface area contributed by atoms with E-state index in [4.69, 9.17) is 28.3 Å². The molecule has 1 aliphatic rings. The summed E-state index contributed by atoms with van der Waals surface area (Å²) in [5.41, 5.74) is 0.254. The van der Waals surface area contributed by atoms with Crippen molar-refractivity contribution in [1.82, 2.24) is 0 Å². The number of carboxylic acids is 1. The molecule has 19 heavy (non-hydrogen) atoms. The summed E-state index contributed by atoms with van der Waals surface area (Å²) in [6, 6.07) is 2.66. The second-order valence-electron chi connectivity index (χ2n) is 4.38. The summed E-state index contributed by atoms with van der Waals surface area (Å²) >= 11 is 11.6. The lowest BCUT2D eigenvalue weighted by Gasteiger charge is -2.40. The summed E-state index contributed by atoms with van der Waals surface area (Å²) in [5, 5.41) is 20.0. The summed E-state index contributed by atoms with van der Waals surface area (Å²) < 4.78 is 0. The van der Waals surface area contributed by atoms with E-state index in [0.717, 1.165) is 0 Å². The third kappa shape index (κ3) is 2.90. The first-order valence-electron chi connectivity index (χ1n) is 5.48. The molecule has 0 unspecified atom stereocenters. The van der Waals surface area contributed by atoms with Crippen molar-refractivity contribution < 1.29 is 14.8 Å². The van der Waals surface area contributed by atoms with E-state index in [0.29, 0.717) is 18.8 Å².